The van der Waals surface area contributed by atoms with E-state index < -0.39 is 12.1 Å². The lowest BCUT2D eigenvalue weighted by molar-refractivity contribution is -0.140. The summed E-state index contributed by atoms with van der Waals surface area (Å²) in [5.74, 6) is -0.834. The fourth-order valence-electron chi connectivity index (χ4n) is 1.58. The van der Waals surface area contributed by atoms with Crippen LogP contribution in [0.4, 0.5) is 0 Å². The van der Waals surface area contributed by atoms with E-state index in [-0.39, 0.29) is 19.1 Å². The van der Waals surface area contributed by atoms with E-state index in [0.717, 1.165) is 25.7 Å². The average molecular weight is 248 g/mol. The van der Waals surface area contributed by atoms with E-state index in [4.69, 9.17) is 20.1 Å². The molecule has 0 saturated heterocycles. The van der Waals surface area contributed by atoms with Crippen LogP contribution in [0.5, 0.6) is 0 Å². The van der Waals surface area contributed by atoms with Gasteiger partial charge in [-0.25, -0.2) is 0 Å². The van der Waals surface area contributed by atoms with Crippen LogP contribution in [-0.2, 0) is 9.53 Å². The van der Waals surface area contributed by atoms with Crippen molar-refractivity contribution in [1.29, 1.82) is 0 Å². The Labute approximate surface area is 102 Å². The lowest BCUT2D eigenvalue weighted by Crippen LogP contribution is -2.18. The molecular weight excluding hydrogens is 224 g/mol. The van der Waals surface area contributed by atoms with E-state index in [1.807, 2.05) is 6.92 Å². The molecule has 0 radical (unpaired) electrons. The molecule has 3 N–H and O–H groups in total. The number of carboxylic acid groups (broad SMARTS) is 1. The molecule has 0 aromatic rings. The van der Waals surface area contributed by atoms with Gasteiger partial charge in [-0.2, -0.15) is 0 Å². The molecule has 0 heterocycles. The second-order valence-corrected chi connectivity index (χ2v) is 4.21. The van der Waals surface area contributed by atoms with Gasteiger partial charge in [0.2, 0.25) is 0 Å². The summed E-state index contributed by atoms with van der Waals surface area (Å²) in [6, 6.07) is 0. The van der Waals surface area contributed by atoms with Gasteiger partial charge >= 0.3 is 5.97 Å². The van der Waals surface area contributed by atoms with Crippen LogP contribution in [0, 0.1) is 0 Å². The molecular formula is C12H24O5. The third-order valence-corrected chi connectivity index (χ3v) is 2.51. The normalized spacial score (nSPS) is 14.5. The van der Waals surface area contributed by atoms with Crippen LogP contribution < -0.4 is 0 Å². The topological polar surface area (TPSA) is 87.0 Å². The van der Waals surface area contributed by atoms with Crippen molar-refractivity contribution in [2.24, 2.45) is 0 Å². The first kappa shape index (κ1) is 16.4. The summed E-state index contributed by atoms with van der Waals surface area (Å²) in [4.78, 5) is 10.6. The second-order valence-electron chi connectivity index (χ2n) is 4.21. The molecule has 5 heteroatoms. The van der Waals surface area contributed by atoms with Gasteiger partial charge in [-0.05, 0) is 25.7 Å². The van der Waals surface area contributed by atoms with Gasteiger partial charge in [0.05, 0.1) is 25.2 Å². The summed E-state index contributed by atoms with van der Waals surface area (Å²) in [6.07, 6.45) is 2.95. The molecule has 5 nitrogen and oxygen atoms in total. The number of carbonyl (C=O) groups is 1. The number of aliphatic carboxylic acids is 1. The van der Waals surface area contributed by atoms with Crippen molar-refractivity contribution >= 4 is 5.97 Å². The Morgan fingerprint density at radius 2 is 2.00 bits per heavy atom. The molecule has 0 amide bonds. The molecule has 0 aromatic heterocycles. The Kier molecular flexibility index (Phi) is 10.1. The van der Waals surface area contributed by atoms with Crippen LogP contribution in [0.25, 0.3) is 0 Å². The minimum atomic E-state index is -0.834. The molecule has 102 valence electrons. The summed E-state index contributed by atoms with van der Waals surface area (Å²) < 4.78 is 5.48. The third-order valence-electron chi connectivity index (χ3n) is 2.51. The quantitative estimate of drug-likeness (QED) is 0.478. The first-order valence-electron chi connectivity index (χ1n) is 6.22. The highest BCUT2D eigenvalue weighted by Crippen LogP contribution is 2.09. The monoisotopic (exact) mass is 248 g/mol. The molecule has 0 aromatic carbocycles. The Morgan fingerprint density at radius 1 is 1.29 bits per heavy atom. The zero-order valence-corrected chi connectivity index (χ0v) is 10.5. The molecule has 2 atom stereocenters. The summed E-state index contributed by atoms with van der Waals surface area (Å²) in [5, 5.41) is 26.4. The zero-order chi connectivity index (χ0) is 13.1. The van der Waals surface area contributed by atoms with Crippen LogP contribution in [0.2, 0.25) is 0 Å². The van der Waals surface area contributed by atoms with E-state index >= 15 is 0 Å². The predicted molar refractivity (Wildman–Crippen MR) is 63.8 cm³/mol. The van der Waals surface area contributed by atoms with Crippen molar-refractivity contribution in [3.05, 3.63) is 0 Å². The number of rotatable bonds is 11. The second kappa shape index (κ2) is 10.5. The van der Waals surface area contributed by atoms with Gasteiger partial charge in [-0.3, -0.25) is 4.79 Å². The highest BCUT2D eigenvalue weighted by Gasteiger charge is 2.12. The lowest BCUT2D eigenvalue weighted by atomic mass is 10.1. The number of aliphatic hydroxyl groups is 2. The van der Waals surface area contributed by atoms with Crippen molar-refractivity contribution in [1.82, 2.24) is 0 Å². The highest BCUT2D eigenvalue weighted by atomic mass is 16.5. The Bertz CT molecular complexity index is 195. The van der Waals surface area contributed by atoms with Crippen molar-refractivity contribution in [3.8, 4) is 0 Å². The van der Waals surface area contributed by atoms with Crippen LogP contribution in [0.15, 0.2) is 0 Å². The zero-order valence-electron chi connectivity index (χ0n) is 10.5. The number of unbranched alkanes of at least 4 members (excludes halogenated alkanes) is 1. The van der Waals surface area contributed by atoms with Gasteiger partial charge in [0.25, 0.3) is 0 Å². The number of hydrogen-bond acceptors (Lipinski definition) is 4. The lowest BCUT2D eigenvalue weighted by Gasteiger charge is -2.15. The molecule has 17 heavy (non-hydrogen) atoms. The van der Waals surface area contributed by atoms with Gasteiger partial charge in [-0.1, -0.05) is 13.3 Å². The van der Waals surface area contributed by atoms with E-state index in [2.05, 4.69) is 0 Å². The standard InChI is InChI=1S/C12H24O5/c1-2-5-11(8-12(15)16)17-7-4-3-6-10(14)9-13/h10-11,13-14H,2-9H2,1H3,(H,15,16). The van der Waals surface area contributed by atoms with Crippen LogP contribution >= 0.6 is 0 Å². The predicted octanol–water partition coefficient (Wildman–Crippen LogP) is 1.17. The number of aliphatic hydroxyl groups excluding tert-OH is 2. The minimum absolute atomic E-state index is 0.0487. The van der Waals surface area contributed by atoms with Crippen LogP contribution in [0.1, 0.15) is 45.4 Å². The minimum Gasteiger partial charge on any atom is -0.481 e. The Morgan fingerprint density at radius 3 is 2.53 bits per heavy atom. The third kappa shape index (κ3) is 10.2. The van der Waals surface area contributed by atoms with E-state index in [1.54, 1.807) is 0 Å². The fraction of sp³-hybridized carbons (Fsp3) is 0.917. The number of carboxylic acids is 1. The molecule has 0 aliphatic heterocycles. The first-order valence-corrected chi connectivity index (χ1v) is 6.22. The summed E-state index contributed by atoms with van der Waals surface area (Å²) >= 11 is 0. The number of hydrogen-bond donors (Lipinski definition) is 3. The molecule has 0 bridgehead atoms. The molecule has 0 rings (SSSR count). The molecule has 0 aliphatic carbocycles. The number of ether oxygens (including phenoxy) is 1. The van der Waals surface area contributed by atoms with Crippen molar-refractivity contribution in [2.45, 2.75) is 57.7 Å². The summed E-state index contributed by atoms with van der Waals surface area (Å²) in [7, 11) is 0. The van der Waals surface area contributed by atoms with Gasteiger partial charge < -0.3 is 20.1 Å². The molecule has 0 saturated carbocycles. The molecule has 0 fully saturated rings. The maximum Gasteiger partial charge on any atom is 0.305 e. The van der Waals surface area contributed by atoms with Gasteiger partial charge in [-0.15, -0.1) is 0 Å². The Balaban J connectivity index is 3.56. The largest absolute Gasteiger partial charge is 0.481 e. The fourth-order valence-corrected chi connectivity index (χ4v) is 1.58. The molecule has 0 aliphatic rings. The van der Waals surface area contributed by atoms with E-state index in [1.165, 1.54) is 0 Å². The van der Waals surface area contributed by atoms with E-state index in [9.17, 15) is 4.79 Å². The summed E-state index contributed by atoms with van der Waals surface area (Å²) in [6.45, 7) is 2.30. The smallest absolute Gasteiger partial charge is 0.305 e. The summed E-state index contributed by atoms with van der Waals surface area (Å²) in [5.41, 5.74) is 0. The highest BCUT2D eigenvalue weighted by molar-refractivity contribution is 5.67. The molecule has 0 spiro atoms. The maximum atomic E-state index is 10.6. The van der Waals surface area contributed by atoms with Crippen molar-refractivity contribution < 1.29 is 24.9 Å². The van der Waals surface area contributed by atoms with Gasteiger partial charge in [0.1, 0.15) is 0 Å². The molecule has 2 unspecified atom stereocenters. The first-order chi connectivity index (χ1) is 8.10. The van der Waals surface area contributed by atoms with Crippen molar-refractivity contribution in [3.63, 3.8) is 0 Å². The van der Waals surface area contributed by atoms with Gasteiger partial charge in [0, 0.05) is 6.61 Å². The van der Waals surface area contributed by atoms with E-state index in [0.29, 0.717) is 13.0 Å². The average Bonchev–Trinajstić information content (AvgIpc) is 2.27. The van der Waals surface area contributed by atoms with Crippen LogP contribution in [-0.4, -0.2) is 46.7 Å². The maximum absolute atomic E-state index is 10.6. The van der Waals surface area contributed by atoms with Gasteiger partial charge in [0.15, 0.2) is 0 Å². The Hall–Kier alpha value is -0.650. The van der Waals surface area contributed by atoms with Crippen LogP contribution in [0.3, 0.4) is 0 Å². The van der Waals surface area contributed by atoms with Crippen molar-refractivity contribution in [2.75, 3.05) is 13.2 Å². The SMILES string of the molecule is CCCC(CC(=O)O)OCCCCC(O)CO.